The van der Waals surface area contributed by atoms with E-state index in [4.69, 9.17) is 4.74 Å². The fourth-order valence-electron chi connectivity index (χ4n) is 2.65. The summed E-state index contributed by atoms with van der Waals surface area (Å²) in [6, 6.07) is 0. The lowest BCUT2D eigenvalue weighted by Crippen LogP contribution is -2.48. The first kappa shape index (κ1) is 11.6. The highest BCUT2D eigenvalue weighted by molar-refractivity contribution is 6.07. The molecule has 1 fully saturated rings. The van der Waals surface area contributed by atoms with E-state index in [0.717, 1.165) is 31.5 Å². The second-order valence-electron chi connectivity index (χ2n) is 4.55. The summed E-state index contributed by atoms with van der Waals surface area (Å²) >= 11 is 0. The minimum atomic E-state index is -0.308. The van der Waals surface area contributed by atoms with E-state index in [0.29, 0.717) is 6.61 Å². The Morgan fingerprint density at radius 2 is 2.00 bits per heavy atom. The number of hydrogen-bond donors (Lipinski definition) is 1. The molecule has 90 valence electrons. The first-order valence-corrected chi connectivity index (χ1v) is 6.25. The third-order valence-electron chi connectivity index (χ3n) is 3.40. The molecule has 0 saturated heterocycles. The van der Waals surface area contributed by atoms with E-state index in [-0.39, 0.29) is 18.1 Å². The van der Waals surface area contributed by atoms with Crippen LogP contribution in [0.25, 0.3) is 0 Å². The number of nitrogens with zero attached hydrogens (tertiary/aromatic N) is 1. The molecule has 0 aromatic rings. The normalized spacial score (nSPS) is 24.8. The lowest BCUT2D eigenvalue weighted by Gasteiger charge is -2.32. The summed E-state index contributed by atoms with van der Waals surface area (Å²) in [6.45, 7) is 2.95. The Kier molecular flexibility index (Phi) is 3.59. The van der Waals surface area contributed by atoms with Crippen molar-refractivity contribution in [2.75, 3.05) is 13.2 Å². The maximum atomic E-state index is 11.2. The lowest BCUT2D eigenvalue weighted by molar-refractivity contribution is -0.117. The van der Waals surface area contributed by atoms with Crippen LogP contribution in [0.1, 0.15) is 45.4 Å². The monoisotopic (exact) mass is 224 g/mol. The van der Waals surface area contributed by atoms with Crippen LogP contribution in [-0.4, -0.2) is 30.5 Å². The standard InChI is InChI=1S/C12H20N2O2/c1-2-16-12(7-5-3-4-6-8-12)11-13-9-10(15)14-11/h2-9H2,1H3,(H,13,14,15). The number of hydrogen-bond acceptors (Lipinski definition) is 3. The second-order valence-corrected chi connectivity index (χ2v) is 4.55. The highest BCUT2D eigenvalue weighted by atomic mass is 16.5. The maximum Gasteiger partial charge on any atom is 0.247 e. The number of amidine groups is 1. The highest BCUT2D eigenvalue weighted by Crippen LogP contribution is 2.32. The molecule has 1 N–H and O–H groups in total. The van der Waals surface area contributed by atoms with E-state index in [1.54, 1.807) is 0 Å². The Morgan fingerprint density at radius 1 is 1.31 bits per heavy atom. The molecule has 0 aromatic heterocycles. The minimum absolute atomic E-state index is 0.00155. The lowest BCUT2D eigenvalue weighted by atomic mass is 9.92. The van der Waals surface area contributed by atoms with E-state index < -0.39 is 0 Å². The van der Waals surface area contributed by atoms with Gasteiger partial charge in [-0.15, -0.1) is 0 Å². The summed E-state index contributed by atoms with van der Waals surface area (Å²) in [6.07, 6.45) is 6.82. The van der Waals surface area contributed by atoms with Gasteiger partial charge in [0.15, 0.2) is 0 Å². The molecular formula is C12H20N2O2. The van der Waals surface area contributed by atoms with E-state index in [1.807, 2.05) is 6.92 Å². The Bertz CT molecular complexity index is 291. The van der Waals surface area contributed by atoms with Gasteiger partial charge in [-0.1, -0.05) is 25.7 Å². The van der Waals surface area contributed by atoms with Crippen molar-refractivity contribution in [3.05, 3.63) is 0 Å². The van der Waals surface area contributed by atoms with Gasteiger partial charge in [-0.2, -0.15) is 0 Å². The number of nitrogens with one attached hydrogen (secondary N) is 1. The van der Waals surface area contributed by atoms with Crippen LogP contribution >= 0.6 is 0 Å². The Morgan fingerprint density at radius 3 is 2.50 bits per heavy atom. The summed E-state index contributed by atoms with van der Waals surface area (Å²) in [5.41, 5.74) is -0.308. The fraction of sp³-hybridized carbons (Fsp3) is 0.833. The molecule has 0 unspecified atom stereocenters. The van der Waals surface area contributed by atoms with Crippen LogP contribution in [-0.2, 0) is 9.53 Å². The van der Waals surface area contributed by atoms with Crippen molar-refractivity contribution in [3.63, 3.8) is 0 Å². The van der Waals surface area contributed by atoms with Crippen molar-refractivity contribution in [2.45, 2.75) is 51.0 Å². The van der Waals surface area contributed by atoms with Gasteiger partial charge in [0.1, 0.15) is 18.0 Å². The number of carbonyl (C=O) groups excluding carboxylic acids is 1. The zero-order valence-corrected chi connectivity index (χ0v) is 9.92. The summed E-state index contributed by atoms with van der Waals surface area (Å²) in [5, 5.41) is 2.86. The van der Waals surface area contributed by atoms with Gasteiger partial charge in [-0.3, -0.25) is 9.79 Å². The number of carbonyl (C=O) groups is 1. The van der Waals surface area contributed by atoms with Crippen molar-refractivity contribution in [1.29, 1.82) is 0 Å². The molecule has 1 heterocycles. The second kappa shape index (κ2) is 4.95. The predicted octanol–water partition coefficient (Wildman–Crippen LogP) is 1.64. The molecule has 0 radical (unpaired) electrons. The summed E-state index contributed by atoms with van der Waals surface area (Å²) in [5.74, 6) is 0.777. The summed E-state index contributed by atoms with van der Waals surface area (Å²) < 4.78 is 5.94. The molecule has 1 saturated carbocycles. The van der Waals surface area contributed by atoms with Crippen LogP contribution in [0.3, 0.4) is 0 Å². The molecule has 1 aliphatic carbocycles. The summed E-state index contributed by atoms with van der Waals surface area (Å²) in [4.78, 5) is 15.6. The van der Waals surface area contributed by atoms with Crippen molar-refractivity contribution in [3.8, 4) is 0 Å². The fourth-order valence-corrected chi connectivity index (χ4v) is 2.65. The van der Waals surface area contributed by atoms with Crippen LogP contribution in [0.5, 0.6) is 0 Å². The number of ether oxygens (including phenoxy) is 1. The molecule has 0 bridgehead atoms. The van der Waals surface area contributed by atoms with Gasteiger partial charge in [-0.05, 0) is 19.8 Å². The molecule has 4 heteroatoms. The van der Waals surface area contributed by atoms with Gasteiger partial charge in [0.25, 0.3) is 0 Å². The third kappa shape index (κ3) is 2.26. The van der Waals surface area contributed by atoms with E-state index in [1.165, 1.54) is 12.8 Å². The van der Waals surface area contributed by atoms with Gasteiger partial charge in [0.05, 0.1) is 0 Å². The van der Waals surface area contributed by atoms with Crippen molar-refractivity contribution in [2.24, 2.45) is 4.99 Å². The Balaban J connectivity index is 2.16. The average Bonchev–Trinajstić information content (AvgIpc) is 2.57. The van der Waals surface area contributed by atoms with Crippen LogP contribution in [0.2, 0.25) is 0 Å². The van der Waals surface area contributed by atoms with Crippen LogP contribution in [0.15, 0.2) is 4.99 Å². The molecule has 1 amide bonds. The SMILES string of the molecule is CCOC1(C2=NCC(=O)N2)CCCCCC1. The van der Waals surface area contributed by atoms with Crippen molar-refractivity contribution < 1.29 is 9.53 Å². The number of amides is 1. The highest BCUT2D eigenvalue weighted by Gasteiger charge is 2.39. The predicted molar refractivity (Wildman–Crippen MR) is 62.5 cm³/mol. The van der Waals surface area contributed by atoms with Crippen LogP contribution in [0.4, 0.5) is 0 Å². The van der Waals surface area contributed by atoms with Crippen molar-refractivity contribution >= 4 is 11.7 Å². The Labute approximate surface area is 96.5 Å². The summed E-state index contributed by atoms with van der Waals surface area (Å²) in [7, 11) is 0. The minimum Gasteiger partial charge on any atom is -0.367 e. The maximum absolute atomic E-state index is 11.2. The van der Waals surface area contributed by atoms with E-state index >= 15 is 0 Å². The quantitative estimate of drug-likeness (QED) is 0.741. The molecule has 2 rings (SSSR count). The smallest absolute Gasteiger partial charge is 0.247 e. The number of aliphatic imine (C=N–C) groups is 1. The van der Waals surface area contributed by atoms with Gasteiger partial charge in [0, 0.05) is 6.61 Å². The van der Waals surface area contributed by atoms with Gasteiger partial charge < -0.3 is 10.1 Å². The zero-order chi connectivity index (χ0) is 11.4. The van der Waals surface area contributed by atoms with Gasteiger partial charge in [0.2, 0.25) is 5.91 Å². The first-order chi connectivity index (χ1) is 7.77. The zero-order valence-electron chi connectivity index (χ0n) is 9.92. The van der Waals surface area contributed by atoms with E-state index in [2.05, 4.69) is 10.3 Å². The van der Waals surface area contributed by atoms with Gasteiger partial charge >= 0.3 is 0 Å². The molecular weight excluding hydrogens is 204 g/mol. The first-order valence-electron chi connectivity index (χ1n) is 6.25. The topological polar surface area (TPSA) is 50.7 Å². The third-order valence-corrected chi connectivity index (χ3v) is 3.40. The number of rotatable bonds is 3. The van der Waals surface area contributed by atoms with Gasteiger partial charge in [-0.25, -0.2) is 0 Å². The molecule has 0 atom stereocenters. The Hall–Kier alpha value is -0.900. The van der Waals surface area contributed by atoms with Crippen molar-refractivity contribution in [1.82, 2.24) is 5.32 Å². The molecule has 0 spiro atoms. The molecule has 0 aromatic carbocycles. The average molecular weight is 224 g/mol. The molecule has 16 heavy (non-hydrogen) atoms. The van der Waals surface area contributed by atoms with Crippen LogP contribution < -0.4 is 5.32 Å². The molecule has 2 aliphatic rings. The van der Waals surface area contributed by atoms with E-state index in [9.17, 15) is 4.79 Å². The largest absolute Gasteiger partial charge is 0.367 e. The molecule has 4 nitrogen and oxygen atoms in total. The molecule has 1 aliphatic heterocycles. The van der Waals surface area contributed by atoms with Crippen LogP contribution in [0, 0.1) is 0 Å².